The van der Waals surface area contributed by atoms with Crippen LogP contribution in [0.4, 0.5) is 0 Å². The van der Waals surface area contributed by atoms with E-state index in [1.807, 2.05) is 0 Å². The summed E-state index contributed by atoms with van der Waals surface area (Å²) in [5, 5.41) is 0. The molecule has 0 unspecified atom stereocenters. The summed E-state index contributed by atoms with van der Waals surface area (Å²) in [5.74, 6) is -1.69. The minimum absolute atomic E-state index is 0.149. The number of carbonyl (C=O) groups excluding carboxylic acids is 4. The normalized spacial score (nSPS) is 10.5. The zero-order valence-electron chi connectivity index (χ0n) is 16.6. The third-order valence-corrected chi connectivity index (χ3v) is 4.85. The van der Waals surface area contributed by atoms with Gasteiger partial charge in [-0.1, -0.05) is 36.4 Å². The van der Waals surface area contributed by atoms with E-state index in [2.05, 4.69) is 0 Å². The summed E-state index contributed by atoms with van der Waals surface area (Å²) in [6, 6.07) is 16.3. The van der Waals surface area contributed by atoms with Crippen molar-refractivity contribution in [1.82, 2.24) is 0 Å². The third-order valence-electron chi connectivity index (χ3n) is 4.85. The Morgan fingerprint density at radius 2 is 0.967 bits per heavy atom. The van der Waals surface area contributed by atoms with Gasteiger partial charge in [0.1, 0.15) is 0 Å². The van der Waals surface area contributed by atoms with Gasteiger partial charge in [-0.05, 0) is 49.2 Å². The van der Waals surface area contributed by atoms with Gasteiger partial charge in [0.15, 0.2) is 11.6 Å². The molecule has 4 N–H and O–H groups in total. The first-order chi connectivity index (χ1) is 14.2. The number of nitrogens with two attached hydrogens (primary N) is 2. The zero-order chi connectivity index (χ0) is 22.0. The Bertz CT molecular complexity index is 1120. The van der Waals surface area contributed by atoms with Crippen LogP contribution in [0.25, 0.3) is 22.3 Å². The molecule has 0 aliphatic rings. The molecule has 30 heavy (non-hydrogen) atoms. The summed E-state index contributed by atoms with van der Waals surface area (Å²) in [6.45, 7) is 2.87. The molecule has 0 heterocycles. The average molecular weight is 400 g/mol. The average Bonchev–Trinajstić information content (AvgIpc) is 2.72. The van der Waals surface area contributed by atoms with Crippen LogP contribution >= 0.6 is 0 Å². The molecular formula is C24H20N2O4. The Hall–Kier alpha value is -4.06. The topological polar surface area (TPSA) is 120 Å². The third kappa shape index (κ3) is 3.89. The Morgan fingerprint density at radius 3 is 1.27 bits per heavy atom. The molecule has 0 aromatic heterocycles. The van der Waals surface area contributed by atoms with Crippen molar-refractivity contribution in [2.24, 2.45) is 11.5 Å². The first kappa shape index (κ1) is 20.7. The van der Waals surface area contributed by atoms with E-state index >= 15 is 0 Å². The van der Waals surface area contributed by atoms with Gasteiger partial charge < -0.3 is 11.5 Å². The molecule has 3 aromatic carbocycles. The number of carbonyl (C=O) groups is 4. The van der Waals surface area contributed by atoms with Gasteiger partial charge in [-0.15, -0.1) is 0 Å². The Kier molecular flexibility index (Phi) is 5.60. The maximum atomic E-state index is 12.2. The predicted molar refractivity (Wildman–Crippen MR) is 114 cm³/mol. The van der Waals surface area contributed by atoms with Crippen molar-refractivity contribution in [3.05, 3.63) is 82.9 Å². The fraction of sp³-hybridized carbons (Fsp3) is 0.0833. The van der Waals surface area contributed by atoms with E-state index in [9.17, 15) is 19.2 Å². The second kappa shape index (κ2) is 8.13. The van der Waals surface area contributed by atoms with Crippen LogP contribution in [0.15, 0.2) is 60.7 Å². The molecule has 0 fully saturated rings. The van der Waals surface area contributed by atoms with Gasteiger partial charge in [-0.2, -0.15) is 0 Å². The first-order valence-corrected chi connectivity index (χ1v) is 9.20. The molecule has 0 radical (unpaired) electrons. The van der Waals surface area contributed by atoms with Crippen LogP contribution in [-0.4, -0.2) is 23.4 Å². The lowest BCUT2D eigenvalue weighted by Gasteiger charge is -2.18. The molecule has 0 aliphatic carbocycles. The second-order valence-electron chi connectivity index (χ2n) is 6.91. The highest BCUT2D eigenvalue weighted by molar-refractivity contribution is 6.11. The van der Waals surface area contributed by atoms with Gasteiger partial charge in [0.25, 0.3) is 0 Å². The van der Waals surface area contributed by atoms with E-state index in [1.54, 1.807) is 48.5 Å². The maximum Gasteiger partial charge on any atom is 0.249 e. The lowest BCUT2D eigenvalue weighted by atomic mass is 9.85. The minimum atomic E-state index is -0.696. The Balaban J connectivity index is 2.47. The van der Waals surface area contributed by atoms with Crippen LogP contribution < -0.4 is 11.5 Å². The quantitative estimate of drug-likeness (QED) is 0.614. The number of primary amides is 2. The van der Waals surface area contributed by atoms with Gasteiger partial charge >= 0.3 is 0 Å². The van der Waals surface area contributed by atoms with Crippen LogP contribution in [0.2, 0.25) is 0 Å². The molecule has 6 nitrogen and oxygen atoms in total. The van der Waals surface area contributed by atoms with Crippen LogP contribution in [-0.2, 0) is 0 Å². The highest BCUT2D eigenvalue weighted by atomic mass is 16.1. The molecule has 0 bridgehead atoms. The van der Waals surface area contributed by atoms with E-state index in [1.165, 1.54) is 26.0 Å². The molecular weight excluding hydrogens is 380 g/mol. The van der Waals surface area contributed by atoms with Crippen LogP contribution in [0, 0.1) is 0 Å². The summed E-state index contributed by atoms with van der Waals surface area (Å²) in [7, 11) is 0. The number of ketones is 2. The van der Waals surface area contributed by atoms with E-state index in [0.29, 0.717) is 33.4 Å². The number of rotatable bonds is 6. The molecule has 150 valence electrons. The minimum Gasteiger partial charge on any atom is -0.366 e. The van der Waals surface area contributed by atoms with E-state index in [4.69, 9.17) is 11.5 Å². The molecule has 2 amide bonds. The standard InChI is InChI=1S/C24H20N2O4/c1-13(27)15-5-3-7-17(11-15)21-19(23(25)29)9-10-20(24(26)30)22(21)18-8-4-6-16(12-18)14(2)28/h3-12H,1-2H3,(H2,25,29)(H2,26,30). The molecule has 0 saturated heterocycles. The molecule has 0 saturated carbocycles. The lowest BCUT2D eigenvalue weighted by Crippen LogP contribution is -2.17. The highest BCUT2D eigenvalue weighted by Crippen LogP contribution is 2.38. The van der Waals surface area contributed by atoms with E-state index in [0.717, 1.165) is 0 Å². The van der Waals surface area contributed by atoms with Crippen molar-refractivity contribution in [3.63, 3.8) is 0 Å². The van der Waals surface area contributed by atoms with E-state index < -0.39 is 11.8 Å². The van der Waals surface area contributed by atoms with Gasteiger partial charge in [-0.25, -0.2) is 0 Å². The van der Waals surface area contributed by atoms with Crippen molar-refractivity contribution in [2.45, 2.75) is 13.8 Å². The van der Waals surface area contributed by atoms with Crippen molar-refractivity contribution in [1.29, 1.82) is 0 Å². The summed E-state index contributed by atoms with van der Waals surface area (Å²) >= 11 is 0. The highest BCUT2D eigenvalue weighted by Gasteiger charge is 2.22. The summed E-state index contributed by atoms with van der Waals surface area (Å²) in [5.41, 5.74) is 14.3. The van der Waals surface area contributed by atoms with Gasteiger partial charge in [-0.3, -0.25) is 19.2 Å². The number of Topliss-reactive ketones (excluding diaryl/α,β-unsaturated/α-hetero) is 2. The first-order valence-electron chi connectivity index (χ1n) is 9.20. The van der Waals surface area contributed by atoms with Gasteiger partial charge in [0, 0.05) is 33.4 Å². The molecule has 0 spiro atoms. The summed E-state index contributed by atoms with van der Waals surface area (Å²) in [6.07, 6.45) is 0. The fourth-order valence-electron chi connectivity index (χ4n) is 3.40. The fourth-order valence-corrected chi connectivity index (χ4v) is 3.40. The molecule has 0 aliphatic heterocycles. The van der Waals surface area contributed by atoms with Gasteiger partial charge in [0.2, 0.25) is 11.8 Å². The Labute approximate surface area is 173 Å². The maximum absolute atomic E-state index is 12.2. The summed E-state index contributed by atoms with van der Waals surface area (Å²) in [4.78, 5) is 48.3. The monoisotopic (exact) mass is 400 g/mol. The van der Waals surface area contributed by atoms with Crippen LogP contribution in [0.3, 0.4) is 0 Å². The van der Waals surface area contributed by atoms with E-state index in [-0.39, 0.29) is 22.7 Å². The van der Waals surface area contributed by atoms with Gasteiger partial charge in [0.05, 0.1) is 0 Å². The van der Waals surface area contributed by atoms with Crippen molar-refractivity contribution < 1.29 is 19.2 Å². The molecule has 0 atom stereocenters. The zero-order valence-corrected chi connectivity index (χ0v) is 16.6. The van der Waals surface area contributed by atoms with Crippen molar-refractivity contribution >= 4 is 23.4 Å². The van der Waals surface area contributed by atoms with Crippen molar-refractivity contribution in [3.8, 4) is 22.3 Å². The smallest absolute Gasteiger partial charge is 0.249 e. The number of hydrogen-bond acceptors (Lipinski definition) is 4. The summed E-state index contributed by atoms with van der Waals surface area (Å²) < 4.78 is 0. The predicted octanol–water partition coefficient (Wildman–Crippen LogP) is 3.62. The molecule has 3 aromatic rings. The number of amides is 2. The molecule has 3 rings (SSSR count). The van der Waals surface area contributed by atoms with Crippen LogP contribution in [0.5, 0.6) is 0 Å². The second-order valence-corrected chi connectivity index (χ2v) is 6.91. The Morgan fingerprint density at radius 1 is 0.600 bits per heavy atom. The van der Waals surface area contributed by atoms with Crippen LogP contribution in [0.1, 0.15) is 55.3 Å². The molecule has 6 heteroatoms. The lowest BCUT2D eigenvalue weighted by molar-refractivity contribution is 0.0989. The largest absolute Gasteiger partial charge is 0.366 e. The number of hydrogen-bond donors (Lipinski definition) is 2. The SMILES string of the molecule is CC(=O)c1cccc(-c2c(C(N)=O)ccc(C(N)=O)c2-c2cccc(C(C)=O)c2)c1. The number of benzene rings is 3. The van der Waals surface area contributed by atoms with Crippen molar-refractivity contribution in [2.75, 3.05) is 0 Å².